The summed E-state index contributed by atoms with van der Waals surface area (Å²) in [5.41, 5.74) is 3.02. The second kappa shape index (κ2) is 5.05. The third-order valence-electron chi connectivity index (χ3n) is 3.34. The molecule has 2 rings (SSSR count). The van der Waals surface area contributed by atoms with E-state index in [1.54, 1.807) is 0 Å². The Morgan fingerprint density at radius 3 is 2.89 bits per heavy atom. The molecular formula is C15H22N3+. The molecule has 1 N–H and O–H groups in total. The Labute approximate surface area is 109 Å². The molecule has 96 valence electrons. The first-order valence-corrected chi connectivity index (χ1v) is 6.51. The van der Waals surface area contributed by atoms with Crippen LogP contribution in [0.25, 0.3) is 0 Å². The summed E-state index contributed by atoms with van der Waals surface area (Å²) in [6.45, 7) is 7.77. The molecule has 2 heterocycles. The second-order valence-corrected chi connectivity index (χ2v) is 5.78. The summed E-state index contributed by atoms with van der Waals surface area (Å²) in [4.78, 5) is 0. The zero-order valence-electron chi connectivity index (χ0n) is 11.7. The van der Waals surface area contributed by atoms with Crippen LogP contribution >= 0.6 is 0 Å². The maximum atomic E-state index is 4.35. The largest absolute Gasteiger partial charge is 0.319 e. The van der Waals surface area contributed by atoms with E-state index in [1.165, 1.54) is 11.1 Å². The number of fused-ring (bicyclic) bond motifs is 1. The molecule has 2 aliphatic heterocycles. The van der Waals surface area contributed by atoms with Gasteiger partial charge in [0.05, 0.1) is 5.87 Å². The molecule has 0 aromatic carbocycles. The van der Waals surface area contributed by atoms with Crippen LogP contribution in [0.3, 0.4) is 0 Å². The summed E-state index contributed by atoms with van der Waals surface area (Å²) in [5.74, 6) is 2.93. The average Bonchev–Trinajstić information content (AvgIpc) is 2.50. The summed E-state index contributed by atoms with van der Waals surface area (Å²) in [6, 6.07) is 0.263. The SMILES string of the molecule is CNCCC1=C(C(C)(C)C)C=[N+]2N=C=CC=CC12. The van der Waals surface area contributed by atoms with Crippen molar-refractivity contribution >= 4 is 12.1 Å². The van der Waals surface area contributed by atoms with E-state index in [0.717, 1.165) is 13.0 Å². The molecular weight excluding hydrogens is 222 g/mol. The van der Waals surface area contributed by atoms with Gasteiger partial charge in [0.15, 0.2) is 0 Å². The van der Waals surface area contributed by atoms with E-state index < -0.39 is 0 Å². The van der Waals surface area contributed by atoms with Gasteiger partial charge in [-0.2, -0.15) is 0 Å². The molecule has 0 bridgehead atoms. The molecule has 3 nitrogen and oxygen atoms in total. The van der Waals surface area contributed by atoms with Gasteiger partial charge in [-0.05, 0) is 37.6 Å². The molecule has 2 aliphatic rings. The minimum atomic E-state index is 0.155. The van der Waals surface area contributed by atoms with Gasteiger partial charge in [0, 0.05) is 22.3 Å². The Morgan fingerprint density at radius 2 is 2.22 bits per heavy atom. The Hall–Kier alpha value is -1.44. The van der Waals surface area contributed by atoms with Crippen LogP contribution in [0.1, 0.15) is 27.2 Å². The fourth-order valence-electron chi connectivity index (χ4n) is 2.43. The molecule has 0 amide bonds. The van der Waals surface area contributed by atoms with Crippen LogP contribution in [-0.4, -0.2) is 36.4 Å². The highest BCUT2D eigenvalue weighted by Gasteiger charge is 2.37. The second-order valence-electron chi connectivity index (χ2n) is 5.78. The van der Waals surface area contributed by atoms with Crippen LogP contribution in [0.2, 0.25) is 0 Å². The zero-order chi connectivity index (χ0) is 13.2. The van der Waals surface area contributed by atoms with Crippen molar-refractivity contribution < 1.29 is 4.68 Å². The highest BCUT2D eigenvalue weighted by Crippen LogP contribution is 2.34. The molecule has 0 aromatic rings. The molecule has 0 aromatic heterocycles. The number of nitrogens with one attached hydrogen (secondary N) is 1. The summed E-state index contributed by atoms with van der Waals surface area (Å²) >= 11 is 0. The lowest BCUT2D eigenvalue weighted by Crippen LogP contribution is -2.20. The standard InChI is InChI=1S/C15H22N3/c1-15(2,3)13-11-18-14(7-5-6-9-17-18)12(13)8-10-16-4/h5-7,11,14,16H,8,10H2,1-4H3/q+1. The van der Waals surface area contributed by atoms with Crippen LogP contribution in [0.5, 0.6) is 0 Å². The molecule has 0 saturated heterocycles. The lowest BCUT2D eigenvalue weighted by atomic mass is 9.82. The predicted molar refractivity (Wildman–Crippen MR) is 76.3 cm³/mol. The maximum Gasteiger partial charge on any atom is 0.225 e. The third-order valence-corrected chi connectivity index (χ3v) is 3.34. The lowest BCUT2D eigenvalue weighted by molar-refractivity contribution is -0.541. The van der Waals surface area contributed by atoms with E-state index in [9.17, 15) is 0 Å². The monoisotopic (exact) mass is 244 g/mol. The summed E-state index contributed by atoms with van der Waals surface area (Å²) < 4.78 is 2.02. The molecule has 0 spiro atoms. The summed E-state index contributed by atoms with van der Waals surface area (Å²) in [6.07, 6.45) is 9.32. The molecule has 0 radical (unpaired) electrons. The van der Waals surface area contributed by atoms with Crippen molar-refractivity contribution in [2.45, 2.75) is 33.2 Å². The molecule has 0 aliphatic carbocycles. The maximum absolute atomic E-state index is 4.35. The Kier molecular flexibility index (Phi) is 3.65. The number of allylic oxidation sites excluding steroid dienone is 3. The van der Waals surface area contributed by atoms with E-state index in [4.69, 9.17) is 0 Å². The fourth-order valence-corrected chi connectivity index (χ4v) is 2.43. The molecule has 1 unspecified atom stereocenters. The number of hydrazone groups is 1. The van der Waals surface area contributed by atoms with Gasteiger partial charge in [0.25, 0.3) is 0 Å². The summed E-state index contributed by atoms with van der Waals surface area (Å²) in [5, 5.41) is 7.59. The number of rotatable bonds is 3. The van der Waals surface area contributed by atoms with E-state index in [1.807, 2.05) is 23.9 Å². The molecule has 18 heavy (non-hydrogen) atoms. The average molecular weight is 244 g/mol. The lowest BCUT2D eigenvalue weighted by Gasteiger charge is -2.19. The fraction of sp³-hybridized carbons (Fsp3) is 0.533. The van der Waals surface area contributed by atoms with Gasteiger partial charge in [0.2, 0.25) is 12.3 Å². The summed E-state index contributed by atoms with van der Waals surface area (Å²) in [7, 11) is 2.00. The van der Waals surface area contributed by atoms with Crippen molar-refractivity contribution in [3.63, 3.8) is 0 Å². The normalized spacial score (nSPS) is 22.2. The van der Waals surface area contributed by atoms with E-state index in [-0.39, 0.29) is 11.5 Å². The third kappa shape index (κ3) is 2.53. The molecule has 0 saturated carbocycles. The Balaban J connectivity index is 2.40. The van der Waals surface area contributed by atoms with Crippen LogP contribution in [0.4, 0.5) is 0 Å². The highest BCUT2D eigenvalue weighted by atomic mass is 15.4. The van der Waals surface area contributed by atoms with Gasteiger partial charge in [0.1, 0.15) is 0 Å². The van der Waals surface area contributed by atoms with E-state index >= 15 is 0 Å². The highest BCUT2D eigenvalue weighted by molar-refractivity contribution is 5.80. The predicted octanol–water partition coefficient (Wildman–Crippen LogP) is 2.11. The van der Waals surface area contributed by atoms with Gasteiger partial charge >= 0.3 is 0 Å². The number of nitrogens with zero attached hydrogens (tertiary/aromatic N) is 2. The van der Waals surface area contributed by atoms with Gasteiger partial charge in [-0.15, -0.1) is 0 Å². The molecule has 1 atom stereocenters. The molecule has 0 fully saturated rings. The Morgan fingerprint density at radius 1 is 1.44 bits per heavy atom. The first-order chi connectivity index (χ1) is 8.54. The van der Waals surface area contributed by atoms with Crippen LogP contribution in [0.15, 0.2) is 34.5 Å². The first kappa shape index (κ1) is 13.0. The van der Waals surface area contributed by atoms with Gasteiger partial charge in [-0.25, -0.2) is 0 Å². The van der Waals surface area contributed by atoms with Crippen molar-refractivity contribution in [1.29, 1.82) is 0 Å². The van der Waals surface area contributed by atoms with Gasteiger partial charge in [-0.3, -0.25) is 0 Å². The van der Waals surface area contributed by atoms with Crippen molar-refractivity contribution in [2.24, 2.45) is 10.5 Å². The van der Waals surface area contributed by atoms with E-state index in [2.05, 4.69) is 49.3 Å². The van der Waals surface area contributed by atoms with Gasteiger partial charge < -0.3 is 5.32 Å². The smallest absolute Gasteiger partial charge is 0.225 e. The Bertz CT molecular complexity index is 480. The van der Waals surface area contributed by atoms with Crippen LogP contribution in [0, 0.1) is 5.41 Å². The number of hydrogen-bond acceptors (Lipinski definition) is 2. The minimum Gasteiger partial charge on any atom is -0.319 e. The topological polar surface area (TPSA) is 27.4 Å². The van der Waals surface area contributed by atoms with E-state index in [0.29, 0.717) is 0 Å². The minimum absolute atomic E-state index is 0.155. The number of hydrogen-bond donors (Lipinski definition) is 1. The van der Waals surface area contributed by atoms with Crippen LogP contribution in [-0.2, 0) is 0 Å². The van der Waals surface area contributed by atoms with Crippen LogP contribution < -0.4 is 5.32 Å². The van der Waals surface area contributed by atoms with Crippen molar-refractivity contribution in [3.8, 4) is 0 Å². The zero-order valence-corrected chi connectivity index (χ0v) is 11.7. The van der Waals surface area contributed by atoms with Crippen molar-refractivity contribution in [1.82, 2.24) is 5.32 Å². The molecule has 3 heteroatoms. The van der Waals surface area contributed by atoms with Crippen molar-refractivity contribution in [2.75, 3.05) is 13.6 Å². The first-order valence-electron chi connectivity index (χ1n) is 6.51. The van der Waals surface area contributed by atoms with Crippen molar-refractivity contribution in [3.05, 3.63) is 29.4 Å². The quantitative estimate of drug-likeness (QED) is 0.757. The van der Waals surface area contributed by atoms with Gasteiger partial charge in [-0.1, -0.05) is 25.5 Å².